The van der Waals surface area contributed by atoms with Crippen molar-refractivity contribution in [3.8, 4) is 0 Å². The predicted molar refractivity (Wildman–Crippen MR) is 155 cm³/mol. The summed E-state index contributed by atoms with van der Waals surface area (Å²) in [5.41, 5.74) is 15.3. The van der Waals surface area contributed by atoms with E-state index in [0.717, 1.165) is 12.8 Å². The zero-order valence-electron chi connectivity index (χ0n) is 20.6. The Morgan fingerprint density at radius 2 is 1.60 bits per heavy atom. The van der Waals surface area contributed by atoms with Crippen molar-refractivity contribution in [1.29, 1.82) is 0 Å². The molecule has 0 fully saturated rings. The van der Waals surface area contributed by atoms with Crippen molar-refractivity contribution in [3.63, 3.8) is 0 Å². The van der Waals surface area contributed by atoms with Gasteiger partial charge in [0.1, 0.15) is 0 Å². The fourth-order valence-electron chi connectivity index (χ4n) is 6.33. The van der Waals surface area contributed by atoms with Crippen LogP contribution in [0.4, 0.5) is 5.69 Å². The predicted octanol–water partition coefficient (Wildman–Crippen LogP) is 9.96. The standard InChI is InChI=1S/C32H29Br2N/c1-18-15-27-25(11-8-12-29(27)33)23(18)13-14-24-19(2)16-28-26(24)17-30-31(32(28)34)20(3)21(4)35(30)22-9-6-5-7-10-22/h5-12,15-17,23,31H,13-14H2,1-4H3. The first-order valence-corrected chi connectivity index (χ1v) is 14.0. The topological polar surface area (TPSA) is 3.24 Å². The summed E-state index contributed by atoms with van der Waals surface area (Å²) in [6.07, 6.45) is 9.45. The molecule has 0 radical (unpaired) electrons. The number of nitrogens with zero attached hydrogens (tertiary/aromatic N) is 1. The van der Waals surface area contributed by atoms with E-state index < -0.39 is 0 Å². The molecule has 0 saturated heterocycles. The maximum absolute atomic E-state index is 4.07. The van der Waals surface area contributed by atoms with Crippen LogP contribution in [0.5, 0.6) is 0 Å². The van der Waals surface area contributed by atoms with Gasteiger partial charge >= 0.3 is 0 Å². The third-order valence-corrected chi connectivity index (χ3v) is 9.81. The van der Waals surface area contributed by atoms with Gasteiger partial charge < -0.3 is 4.90 Å². The van der Waals surface area contributed by atoms with Gasteiger partial charge in [0, 0.05) is 32.0 Å². The van der Waals surface area contributed by atoms with E-state index in [9.17, 15) is 0 Å². The molecule has 0 bridgehead atoms. The summed E-state index contributed by atoms with van der Waals surface area (Å²) in [7, 11) is 0. The molecule has 2 unspecified atom stereocenters. The van der Waals surface area contributed by atoms with Gasteiger partial charge in [0.25, 0.3) is 0 Å². The average molecular weight is 587 g/mol. The lowest BCUT2D eigenvalue weighted by atomic mass is 9.85. The molecular formula is C32H29Br2N. The minimum absolute atomic E-state index is 0.293. The minimum atomic E-state index is 0.293. The molecule has 2 aromatic rings. The Bertz CT molecular complexity index is 1450. The van der Waals surface area contributed by atoms with Crippen LogP contribution in [0.2, 0.25) is 0 Å². The summed E-state index contributed by atoms with van der Waals surface area (Å²) >= 11 is 7.82. The Morgan fingerprint density at radius 1 is 0.829 bits per heavy atom. The zero-order valence-corrected chi connectivity index (χ0v) is 23.8. The van der Waals surface area contributed by atoms with Gasteiger partial charge in [-0.15, -0.1) is 0 Å². The lowest BCUT2D eigenvalue weighted by Crippen LogP contribution is -2.21. The van der Waals surface area contributed by atoms with Crippen LogP contribution in [0, 0.1) is 5.92 Å². The summed E-state index contributed by atoms with van der Waals surface area (Å²) < 4.78 is 2.51. The van der Waals surface area contributed by atoms with Crippen LogP contribution in [-0.2, 0) is 0 Å². The number of allylic oxidation sites excluding steroid dienone is 9. The fourth-order valence-corrected chi connectivity index (χ4v) is 7.73. The van der Waals surface area contributed by atoms with E-state index in [-0.39, 0.29) is 0 Å². The molecule has 1 aliphatic heterocycles. The number of benzene rings is 2. The Kier molecular flexibility index (Phi) is 5.69. The molecule has 3 aliphatic carbocycles. The van der Waals surface area contributed by atoms with Crippen LogP contribution in [0.1, 0.15) is 57.6 Å². The molecule has 2 atom stereocenters. The van der Waals surface area contributed by atoms with Crippen LogP contribution in [-0.4, -0.2) is 0 Å². The van der Waals surface area contributed by atoms with Crippen molar-refractivity contribution >= 4 is 43.6 Å². The van der Waals surface area contributed by atoms with Gasteiger partial charge in [0.05, 0.1) is 5.92 Å². The summed E-state index contributed by atoms with van der Waals surface area (Å²) in [6, 6.07) is 17.4. The van der Waals surface area contributed by atoms with Gasteiger partial charge in [0.15, 0.2) is 0 Å². The first-order chi connectivity index (χ1) is 16.9. The van der Waals surface area contributed by atoms with Gasteiger partial charge in [-0.1, -0.05) is 79.9 Å². The molecule has 2 aromatic carbocycles. The molecule has 35 heavy (non-hydrogen) atoms. The number of anilines is 1. The second kappa shape index (κ2) is 8.64. The molecule has 0 amide bonds. The van der Waals surface area contributed by atoms with Crippen LogP contribution in [0.15, 0.2) is 114 Å². The van der Waals surface area contributed by atoms with Crippen molar-refractivity contribution in [2.45, 2.75) is 46.5 Å². The minimum Gasteiger partial charge on any atom is -0.317 e. The summed E-state index contributed by atoms with van der Waals surface area (Å²) in [5.74, 6) is 0.781. The van der Waals surface area contributed by atoms with E-state index >= 15 is 0 Å². The van der Waals surface area contributed by atoms with Gasteiger partial charge in [0.2, 0.25) is 0 Å². The fraction of sp³-hybridized carbons (Fsp3) is 0.250. The second-order valence-corrected chi connectivity index (χ2v) is 11.9. The van der Waals surface area contributed by atoms with E-state index in [0.29, 0.717) is 11.8 Å². The molecule has 4 aliphatic rings. The van der Waals surface area contributed by atoms with Crippen LogP contribution in [0.3, 0.4) is 0 Å². The van der Waals surface area contributed by atoms with Gasteiger partial charge in [-0.25, -0.2) is 0 Å². The Morgan fingerprint density at radius 3 is 2.37 bits per heavy atom. The van der Waals surface area contributed by atoms with E-state index in [4.69, 9.17) is 0 Å². The molecule has 0 N–H and O–H groups in total. The number of halogens is 2. The SMILES string of the molecule is CC1=CC2=C(Br)C3C(=CC2=C1CCC1C(C)=Cc2c(Br)cccc21)N(c1ccccc1)C(C)=C3C. The Balaban J connectivity index is 1.38. The lowest BCUT2D eigenvalue weighted by Gasteiger charge is -2.29. The van der Waals surface area contributed by atoms with Crippen molar-refractivity contribution in [2.75, 3.05) is 4.90 Å². The van der Waals surface area contributed by atoms with Crippen molar-refractivity contribution < 1.29 is 0 Å². The summed E-state index contributed by atoms with van der Waals surface area (Å²) in [5, 5.41) is 0. The van der Waals surface area contributed by atoms with Crippen LogP contribution in [0.25, 0.3) is 6.08 Å². The number of fused-ring (bicyclic) bond motifs is 3. The van der Waals surface area contributed by atoms with E-state index in [1.54, 1.807) is 0 Å². The first-order valence-electron chi connectivity index (χ1n) is 12.4. The normalized spacial score (nSPS) is 22.9. The van der Waals surface area contributed by atoms with E-state index in [1.165, 1.54) is 70.6 Å². The number of rotatable bonds is 4. The summed E-state index contributed by atoms with van der Waals surface area (Å²) in [4.78, 5) is 2.45. The molecule has 0 aromatic heterocycles. The molecule has 0 spiro atoms. The van der Waals surface area contributed by atoms with Crippen molar-refractivity contribution in [2.24, 2.45) is 5.92 Å². The van der Waals surface area contributed by atoms with Crippen LogP contribution >= 0.6 is 31.9 Å². The maximum atomic E-state index is 4.07. The molecule has 176 valence electrons. The molecule has 6 rings (SSSR count). The average Bonchev–Trinajstić information content (AvgIpc) is 3.43. The Hall–Kier alpha value is -2.36. The van der Waals surface area contributed by atoms with Crippen molar-refractivity contribution in [3.05, 3.63) is 126 Å². The molecular weight excluding hydrogens is 558 g/mol. The third-order valence-electron chi connectivity index (χ3n) is 8.23. The number of para-hydroxylation sites is 1. The largest absolute Gasteiger partial charge is 0.317 e. The lowest BCUT2D eigenvalue weighted by molar-refractivity contribution is 0.711. The highest BCUT2D eigenvalue weighted by Crippen LogP contribution is 2.53. The first kappa shape index (κ1) is 23.1. The van der Waals surface area contributed by atoms with Crippen LogP contribution < -0.4 is 4.90 Å². The second-order valence-electron chi connectivity index (χ2n) is 10.1. The van der Waals surface area contributed by atoms with Gasteiger partial charge in [-0.05, 0) is 104 Å². The van der Waals surface area contributed by atoms with Gasteiger partial charge in [-0.2, -0.15) is 0 Å². The highest BCUT2D eigenvalue weighted by Gasteiger charge is 2.40. The van der Waals surface area contributed by atoms with E-state index in [2.05, 4.69) is 131 Å². The monoisotopic (exact) mass is 585 g/mol. The maximum Gasteiger partial charge on any atom is 0.0545 e. The molecule has 3 heteroatoms. The smallest absolute Gasteiger partial charge is 0.0545 e. The zero-order chi connectivity index (χ0) is 24.4. The third kappa shape index (κ3) is 3.54. The number of hydrogen-bond acceptors (Lipinski definition) is 1. The molecule has 1 nitrogen and oxygen atoms in total. The highest BCUT2D eigenvalue weighted by atomic mass is 79.9. The quantitative estimate of drug-likeness (QED) is 0.344. The van der Waals surface area contributed by atoms with Gasteiger partial charge in [-0.3, -0.25) is 0 Å². The van der Waals surface area contributed by atoms with E-state index in [1.807, 2.05) is 0 Å². The van der Waals surface area contributed by atoms with Crippen molar-refractivity contribution in [1.82, 2.24) is 0 Å². The molecule has 1 heterocycles. The Labute approximate surface area is 225 Å². The summed E-state index contributed by atoms with van der Waals surface area (Å²) in [6.45, 7) is 9.11. The number of hydrogen-bond donors (Lipinski definition) is 0. The molecule has 0 saturated carbocycles. The highest BCUT2D eigenvalue weighted by molar-refractivity contribution is 9.11.